The zero-order valence-corrected chi connectivity index (χ0v) is 23.9. The number of likely N-dealkylation sites (tertiary alicyclic amines) is 1. The highest BCUT2D eigenvalue weighted by atomic mass is 79.9. The highest BCUT2D eigenvalue weighted by Crippen LogP contribution is 2.70. The number of nitrogens with zero attached hydrogens (tertiary/aromatic N) is 1. The van der Waals surface area contributed by atoms with Crippen molar-refractivity contribution in [2.45, 2.75) is 8.65 Å². The molecule has 0 radical (unpaired) electrons. The molecule has 3 aromatic carbocycles. The standard InChI is InChI=1S/C28H18Br3NO5/c29-16-11-9-15(10-12-16)21(33)14-37-22(34)13-32-25(35)23-24(26(32)36)28(31)18-6-2-1-5-17(18)27(23,30)19-7-3-4-8-20(19)28/h1-12,23-24H,13-14H2/t23-,24-,27?,28?/m1/s1. The third-order valence-corrected chi connectivity index (χ3v) is 10.7. The number of imide groups is 1. The normalized spacial score (nSPS) is 26.9. The van der Waals surface area contributed by atoms with Crippen LogP contribution in [0, 0.1) is 11.8 Å². The largest absolute Gasteiger partial charge is 0.456 e. The lowest BCUT2D eigenvalue weighted by Gasteiger charge is -2.55. The molecular weight excluding hydrogens is 670 g/mol. The van der Waals surface area contributed by atoms with Gasteiger partial charge in [-0.15, -0.1) is 0 Å². The summed E-state index contributed by atoms with van der Waals surface area (Å²) in [7, 11) is 0. The average Bonchev–Trinajstić information content (AvgIpc) is 3.16. The number of carbonyl (C=O) groups is 4. The Morgan fingerprint density at radius 3 is 1.62 bits per heavy atom. The minimum Gasteiger partial charge on any atom is -0.456 e. The Morgan fingerprint density at radius 1 is 0.757 bits per heavy atom. The van der Waals surface area contributed by atoms with E-state index in [-0.39, 0.29) is 5.78 Å². The number of halogens is 3. The van der Waals surface area contributed by atoms with Gasteiger partial charge in [0.05, 0.1) is 20.5 Å². The van der Waals surface area contributed by atoms with Crippen LogP contribution in [0.3, 0.4) is 0 Å². The van der Waals surface area contributed by atoms with E-state index in [0.717, 1.165) is 31.6 Å². The third-order valence-electron chi connectivity index (χ3n) is 7.49. The van der Waals surface area contributed by atoms with Gasteiger partial charge in [0, 0.05) is 10.0 Å². The maximum absolute atomic E-state index is 13.8. The molecule has 1 fully saturated rings. The number of ether oxygens (including phenoxy) is 1. The molecule has 1 aliphatic heterocycles. The molecule has 4 aliphatic rings. The van der Waals surface area contributed by atoms with Gasteiger partial charge in [0.1, 0.15) is 6.54 Å². The van der Waals surface area contributed by atoms with Crippen LogP contribution < -0.4 is 0 Å². The number of ketones is 1. The fraction of sp³-hybridized carbons (Fsp3) is 0.214. The van der Waals surface area contributed by atoms with Gasteiger partial charge in [0.15, 0.2) is 12.4 Å². The van der Waals surface area contributed by atoms with Crippen LogP contribution in [-0.2, 0) is 27.8 Å². The van der Waals surface area contributed by atoms with E-state index >= 15 is 0 Å². The number of benzene rings is 3. The Hall–Kier alpha value is -2.62. The maximum atomic E-state index is 13.8. The van der Waals surface area contributed by atoms with E-state index < -0.39 is 51.4 Å². The van der Waals surface area contributed by atoms with Crippen LogP contribution >= 0.6 is 47.8 Å². The summed E-state index contributed by atoms with van der Waals surface area (Å²) in [6.07, 6.45) is 0. The van der Waals surface area contributed by atoms with Gasteiger partial charge in [-0.25, -0.2) is 0 Å². The van der Waals surface area contributed by atoms with Gasteiger partial charge >= 0.3 is 5.97 Å². The van der Waals surface area contributed by atoms with Crippen LogP contribution in [0.5, 0.6) is 0 Å². The number of amides is 2. The van der Waals surface area contributed by atoms with E-state index in [1.165, 1.54) is 0 Å². The lowest BCUT2D eigenvalue weighted by Crippen LogP contribution is -2.56. The second-order valence-corrected chi connectivity index (χ2v) is 12.7. The summed E-state index contributed by atoms with van der Waals surface area (Å²) >= 11 is 11.1. The molecule has 1 saturated heterocycles. The first kappa shape index (κ1) is 24.7. The Bertz CT molecular complexity index is 1380. The van der Waals surface area contributed by atoms with Crippen LogP contribution in [0.25, 0.3) is 0 Å². The summed E-state index contributed by atoms with van der Waals surface area (Å²) in [6.45, 7) is -1.04. The van der Waals surface area contributed by atoms with Crippen LogP contribution in [0.2, 0.25) is 0 Å². The number of alkyl halides is 2. The number of rotatable bonds is 5. The molecule has 0 N–H and O–H groups in total. The number of carbonyl (C=O) groups excluding carboxylic acids is 4. The van der Waals surface area contributed by atoms with Gasteiger partial charge in [-0.2, -0.15) is 0 Å². The van der Waals surface area contributed by atoms with Crippen molar-refractivity contribution in [3.8, 4) is 0 Å². The first-order valence-electron chi connectivity index (χ1n) is 11.6. The summed E-state index contributed by atoms with van der Waals surface area (Å²) < 4.78 is 4.14. The monoisotopic (exact) mass is 685 g/mol. The number of esters is 1. The summed E-state index contributed by atoms with van der Waals surface area (Å²) in [5.74, 6) is -3.62. The predicted octanol–water partition coefficient (Wildman–Crippen LogP) is 5.08. The van der Waals surface area contributed by atoms with Crippen LogP contribution in [0.1, 0.15) is 32.6 Å². The number of Topliss-reactive ketones (excluding diaryl/α,β-unsaturated/α-hetero) is 1. The fourth-order valence-corrected chi connectivity index (χ4v) is 8.49. The summed E-state index contributed by atoms with van der Waals surface area (Å²) in [6, 6.07) is 22.2. The van der Waals surface area contributed by atoms with Crippen molar-refractivity contribution in [3.63, 3.8) is 0 Å². The van der Waals surface area contributed by atoms with Crippen molar-refractivity contribution in [2.75, 3.05) is 13.2 Å². The molecule has 0 saturated carbocycles. The van der Waals surface area contributed by atoms with Crippen LogP contribution in [0.4, 0.5) is 0 Å². The SMILES string of the molecule is O=C(CN1C(=O)[C@H]2[C@H](C1=O)C1(Br)c3ccccc3C2(Br)c2ccccc21)OCC(=O)c1ccc(Br)cc1. The molecule has 3 aromatic rings. The lowest BCUT2D eigenvalue weighted by molar-refractivity contribution is -0.152. The molecule has 0 unspecified atom stereocenters. The topological polar surface area (TPSA) is 80.8 Å². The molecule has 1 heterocycles. The first-order chi connectivity index (χ1) is 17.7. The van der Waals surface area contributed by atoms with Crippen LogP contribution in [0.15, 0.2) is 77.3 Å². The van der Waals surface area contributed by atoms with Crippen molar-refractivity contribution in [2.24, 2.45) is 11.8 Å². The van der Waals surface area contributed by atoms with Crippen molar-refractivity contribution in [1.29, 1.82) is 0 Å². The Morgan fingerprint density at radius 2 is 1.19 bits per heavy atom. The van der Waals surface area contributed by atoms with Crippen molar-refractivity contribution in [3.05, 3.63) is 105 Å². The highest BCUT2D eigenvalue weighted by Gasteiger charge is 2.72. The minimum atomic E-state index is -0.927. The molecule has 0 spiro atoms. The van der Waals surface area contributed by atoms with E-state index in [1.54, 1.807) is 24.3 Å². The number of hydrogen-bond acceptors (Lipinski definition) is 5. The molecule has 0 aromatic heterocycles. The molecule has 37 heavy (non-hydrogen) atoms. The quantitative estimate of drug-likeness (QED) is 0.162. The Kier molecular flexibility index (Phi) is 5.82. The molecule has 2 bridgehead atoms. The zero-order chi connectivity index (χ0) is 26.1. The van der Waals surface area contributed by atoms with Gasteiger partial charge in [-0.3, -0.25) is 24.1 Å². The minimum absolute atomic E-state index is 0.378. The summed E-state index contributed by atoms with van der Waals surface area (Å²) in [4.78, 5) is 53.7. The van der Waals surface area contributed by atoms with Crippen LogP contribution in [-0.4, -0.2) is 41.6 Å². The second-order valence-electron chi connectivity index (χ2n) is 9.32. The molecule has 6 nitrogen and oxygen atoms in total. The first-order valence-corrected chi connectivity index (χ1v) is 13.9. The van der Waals surface area contributed by atoms with Gasteiger partial charge in [-0.1, -0.05) is 108 Å². The van der Waals surface area contributed by atoms with E-state index in [2.05, 4.69) is 47.8 Å². The summed E-state index contributed by atoms with van der Waals surface area (Å²) in [5.41, 5.74) is 4.05. The van der Waals surface area contributed by atoms with E-state index in [1.807, 2.05) is 48.5 Å². The third kappa shape index (κ3) is 3.40. The molecular formula is C28H18Br3NO5. The predicted molar refractivity (Wildman–Crippen MR) is 145 cm³/mol. The second kappa shape index (κ2) is 8.71. The van der Waals surface area contributed by atoms with Crippen molar-refractivity contribution < 1.29 is 23.9 Å². The molecule has 186 valence electrons. The number of hydrogen-bond donors (Lipinski definition) is 0. The Labute approximate surface area is 237 Å². The molecule has 3 aliphatic carbocycles. The lowest BCUT2D eigenvalue weighted by atomic mass is 9.54. The molecule has 7 rings (SSSR count). The molecule has 2 amide bonds. The van der Waals surface area contributed by atoms with Gasteiger partial charge in [-0.05, 0) is 34.4 Å². The van der Waals surface area contributed by atoms with Gasteiger partial charge in [0.25, 0.3) is 0 Å². The highest BCUT2D eigenvalue weighted by molar-refractivity contribution is 9.10. The average molecular weight is 688 g/mol. The van der Waals surface area contributed by atoms with E-state index in [4.69, 9.17) is 4.74 Å². The van der Waals surface area contributed by atoms with Gasteiger partial charge in [0.2, 0.25) is 11.8 Å². The van der Waals surface area contributed by atoms with Crippen molar-refractivity contribution >= 4 is 71.4 Å². The molecule has 9 heteroatoms. The fourth-order valence-electron chi connectivity index (χ4n) is 5.92. The van der Waals surface area contributed by atoms with Gasteiger partial charge < -0.3 is 4.74 Å². The molecule has 2 atom stereocenters. The van der Waals surface area contributed by atoms with E-state index in [9.17, 15) is 19.2 Å². The maximum Gasteiger partial charge on any atom is 0.326 e. The summed E-state index contributed by atoms with van der Waals surface area (Å²) in [5, 5.41) is 0. The van der Waals surface area contributed by atoms with Crippen molar-refractivity contribution in [1.82, 2.24) is 4.90 Å². The zero-order valence-electron chi connectivity index (χ0n) is 19.1. The Balaban J connectivity index is 1.30. The van der Waals surface area contributed by atoms with E-state index in [0.29, 0.717) is 5.56 Å². The smallest absolute Gasteiger partial charge is 0.326 e.